The number of nitrogen functional groups attached to an aromatic ring is 1. The van der Waals surface area contributed by atoms with Crippen molar-refractivity contribution < 1.29 is 14.3 Å². The van der Waals surface area contributed by atoms with E-state index in [4.69, 9.17) is 10.5 Å². The number of nitrogens with one attached hydrogen (secondary N) is 5. The molecule has 33 heavy (non-hydrogen) atoms. The summed E-state index contributed by atoms with van der Waals surface area (Å²) in [7, 11) is 1.58. The Kier molecular flexibility index (Phi) is 7.53. The number of para-hydroxylation sites is 1. The van der Waals surface area contributed by atoms with E-state index in [0.717, 1.165) is 11.1 Å². The van der Waals surface area contributed by atoms with Gasteiger partial charge >= 0.3 is 0 Å². The molecule has 2 amide bonds. The number of aromatic nitrogens is 2. The summed E-state index contributed by atoms with van der Waals surface area (Å²) in [6.45, 7) is 6.19. The van der Waals surface area contributed by atoms with Crippen LogP contribution in [0.25, 0.3) is 0 Å². The van der Waals surface area contributed by atoms with Crippen LogP contribution in [0.2, 0.25) is 0 Å². The van der Waals surface area contributed by atoms with E-state index in [0.29, 0.717) is 29.6 Å². The minimum atomic E-state index is -0.399. The summed E-state index contributed by atoms with van der Waals surface area (Å²) in [4.78, 5) is 31.8. The number of nitrogens with two attached hydrogens (primary N) is 1. The molecule has 1 aromatic carbocycles. The molecule has 0 saturated carbocycles. The molecule has 0 aliphatic carbocycles. The minimum absolute atomic E-state index is 0.106. The van der Waals surface area contributed by atoms with E-state index in [-0.39, 0.29) is 23.8 Å². The summed E-state index contributed by atoms with van der Waals surface area (Å²) < 4.78 is 5.34. The number of carbonyl (C=O) groups excluding carboxylic acids is 2. The average Bonchev–Trinajstić information content (AvgIpc) is 3.34. The Bertz CT molecular complexity index is 1130. The van der Waals surface area contributed by atoms with Crippen LogP contribution in [0.5, 0.6) is 0 Å². The number of hydrogen-bond donors (Lipinski definition) is 6. The van der Waals surface area contributed by atoms with Crippen LogP contribution in [-0.4, -0.2) is 42.1 Å². The zero-order valence-corrected chi connectivity index (χ0v) is 18.5. The number of ether oxygens (including phenoxy) is 1. The SMILES string of the molecule is C=C/C(OC)=C1/CNC(C(=O)NCNc2cccc(C(=O)Nc3ncc[nH]3)c2N)=C/C1=C/C. The maximum absolute atomic E-state index is 12.6. The summed E-state index contributed by atoms with van der Waals surface area (Å²) >= 11 is 0. The third-order valence-electron chi connectivity index (χ3n) is 4.97. The molecule has 0 spiro atoms. The largest absolute Gasteiger partial charge is 0.496 e. The molecule has 0 unspecified atom stereocenters. The van der Waals surface area contributed by atoms with E-state index in [1.807, 2.05) is 13.0 Å². The molecule has 172 valence electrons. The number of nitrogens with zero attached hydrogens (tertiary/aromatic N) is 1. The summed E-state index contributed by atoms with van der Waals surface area (Å²) in [5.41, 5.74) is 9.44. The summed E-state index contributed by atoms with van der Waals surface area (Å²) in [5.74, 6) is 0.287. The molecule has 2 aromatic rings. The van der Waals surface area contributed by atoms with Gasteiger partial charge in [-0.3, -0.25) is 14.9 Å². The lowest BCUT2D eigenvalue weighted by molar-refractivity contribution is -0.117. The Morgan fingerprint density at radius 2 is 2.15 bits per heavy atom. The Hall–Kier alpha value is -4.47. The van der Waals surface area contributed by atoms with Gasteiger partial charge in [0.1, 0.15) is 11.5 Å². The monoisotopic (exact) mass is 449 g/mol. The van der Waals surface area contributed by atoms with Crippen molar-refractivity contribution in [3.8, 4) is 0 Å². The van der Waals surface area contributed by atoms with Crippen molar-refractivity contribution in [2.24, 2.45) is 0 Å². The zero-order valence-electron chi connectivity index (χ0n) is 18.5. The van der Waals surface area contributed by atoms with Crippen LogP contribution in [0, 0.1) is 0 Å². The average molecular weight is 450 g/mol. The van der Waals surface area contributed by atoms with Gasteiger partial charge in [-0.05, 0) is 36.8 Å². The molecule has 7 N–H and O–H groups in total. The van der Waals surface area contributed by atoms with Crippen molar-refractivity contribution in [3.63, 3.8) is 0 Å². The summed E-state index contributed by atoms with van der Waals surface area (Å²) in [5, 5.41) is 11.5. The van der Waals surface area contributed by atoms with Gasteiger partial charge in [0.05, 0.1) is 30.7 Å². The zero-order chi connectivity index (χ0) is 23.8. The Morgan fingerprint density at radius 3 is 2.82 bits per heavy atom. The molecule has 1 aromatic heterocycles. The highest BCUT2D eigenvalue weighted by Gasteiger charge is 2.20. The van der Waals surface area contributed by atoms with Gasteiger partial charge in [-0.2, -0.15) is 0 Å². The van der Waals surface area contributed by atoms with Crippen LogP contribution in [0.1, 0.15) is 17.3 Å². The predicted octanol–water partition coefficient (Wildman–Crippen LogP) is 2.25. The number of rotatable bonds is 8. The van der Waals surface area contributed by atoms with Crippen molar-refractivity contribution in [1.29, 1.82) is 0 Å². The Labute approximate surface area is 191 Å². The Balaban J connectivity index is 1.62. The second-order valence-corrected chi connectivity index (χ2v) is 6.92. The highest BCUT2D eigenvalue weighted by atomic mass is 16.5. The number of carbonyl (C=O) groups is 2. The van der Waals surface area contributed by atoms with Crippen LogP contribution in [-0.2, 0) is 9.53 Å². The first kappa shape index (κ1) is 23.2. The van der Waals surface area contributed by atoms with Gasteiger partial charge in [-0.25, -0.2) is 4.98 Å². The maximum atomic E-state index is 12.6. The fourth-order valence-corrected chi connectivity index (χ4v) is 3.28. The maximum Gasteiger partial charge on any atom is 0.268 e. The molecule has 2 heterocycles. The molecule has 0 bridgehead atoms. The third-order valence-corrected chi connectivity index (χ3v) is 4.97. The number of methoxy groups -OCH3 is 1. The summed E-state index contributed by atoms with van der Waals surface area (Å²) in [6, 6.07) is 5.02. The topological polar surface area (TPSA) is 146 Å². The molecule has 3 rings (SSSR count). The van der Waals surface area contributed by atoms with Crippen LogP contribution in [0.3, 0.4) is 0 Å². The lowest BCUT2D eigenvalue weighted by Gasteiger charge is -2.22. The van der Waals surface area contributed by atoms with Gasteiger partial charge in [-0.1, -0.05) is 18.7 Å². The van der Waals surface area contributed by atoms with Crippen molar-refractivity contribution >= 4 is 29.1 Å². The van der Waals surface area contributed by atoms with Crippen molar-refractivity contribution in [1.82, 2.24) is 20.6 Å². The van der Waals surface area contributed by atoms with Gasteiger partial charge in [-0.15, -0.1) is 0 Å². The number of aromatic amines is 1. The third kappa shape index (κ3) is 5.42. The van der Waals surface area contributed by atoms with Crippen LogP contribution in [0.4, 0.5) is 17.3 Å². The van der Waals surface area contributed by atoms with Gasteiger partial charge in [0, 0.05) is 24.5 Å². The number of allylic oxidation sites excluding steroid dienone is 3. The fourth-order valence-electron chi connectivity index (χ4n) is 3.28. The van der Waals surface area contributed by atoms with Gasteiger partial charge in [0.25, 0.3) is 11.8 Å². The van der Waals surface area contributed by atoms with Crippen LogP contribution >= 0.6 is 0 Å². The normalized spacial score (nSPS) is 15.7. The number of hydrogen-bond acceptors (Lipinski definition) is 7. The van der Waals surface area contributed by atoms with E-state index in [2.05, 4.69) is 37.8 Å². The van der Waals surface area contributed by atoms with E-state index in [9.17, 15) is 9.59 Å². The quantitative estimate of drug-likeness (QED) is 0.206. The smallest absolute Gasteiger partial charge is 0.268 e. The molecule has 0 radical (unpaired) electrons. The molecule has 10 heteroatoms. The molecular formula is C23H27N7O3. The van der Waals surface area contributed by atoms with Crippen molar-refractivity contribution in [2.75, 3.05) is 36.7 Å². The molecule has 1 aliphatic rings. The number of imidazole rings is 1. The number of anilines is 3. The van der Waals surface area contributed by atoms with Gasteiger partial charge in [0.15, 0.2) is 0 Å². The molecule has 0 saturated heterocycles. The molecule has 10 nitrogen and oxygen atoms in total. The second kappa shape index (κ2) is 10.7. The standard InChI is InChI=1S/C23H27N7O3/c1-4-14-11-18(27-12-16(14)19(5-2)33-3)22(32)29-13-28-17-8-6-7-15(20(17)24)21(31)30-23-25-9-10-26-23/h4-11,27-28H,2,12-13,24H2,1,3H3,(H,29,32)(H2,25,26,30,31)/b14-4-,19-16+. The second-order valence-electron chi connectivity index (χ2n) is 6.92. The van der Waals surface area contributed by atoms with Crippen molar-refractivity contribution in [3.05, 3.63) is 83.6 Å². The fraction of sp³-hybridized carbons (Fsp3) is 0.174. The minimum Gasteiger partial charge on any atom is -0.496 e. The Morgan fingerprint density at radius 1 is 1.33 bits per heavy atom. The molecule has 0 atom stereocenters. The highest BCUT2D eigenvalue weighted by molar-refractivity contribution is 6.08. The molecular weight excluding hydrogens is 422 g/mol. The molecule has 1 aliphatic heterocycles. The number of amides is 2. The first-order chi connectivity index (χ1) is 16.0. The van der Waals surface area contributed by atoms with Gasteiger partial charge < -0.3 is 31.4 Å². The van der Waals surface area contributed by atoms with Gasteiger partial charge in [0.2, 0.25) is 5.95 Å². The van der Waals surface area contributed by atoms with E-state index < -0.39 is 5.91 Å². The highest BCUT2D eigenvalue weighted by Crippen LogP contribution is 2.24. The van der Waals surface area contributed by atoms with Crippen molar-refractivity contribution in [2.45, 2.75) is 6.92 Å². The number of H-pyrrole nitrogens is 1. The first-order valence-electron chi connectivity index (χ1n) is 10.2. The van der Waals surface area contributed by atoms with E-state index in [1.165, 1.54) is 6.20 Å². The molecule has 0 fully saturated rings. The lowest BCUT2D eigenvalue weighted by atomic mass is 9.99. The van der Waals surface area contributed by atoms with Crippen LogP contribution in [0.15, 0.2) is 78.0 Å². The van der Waals surface area contributed by atoms with E-state index in [1.54, 1.807) is 43.7 Å². The number of benzene rings is 1. The van der Waals surface area contributed by atoms with Crippen LogP contribution < -0.4 is 27.0 Å². The lowest BCUT2D eigenvalue weighted by Crippen LogP contribution is -2.37. The van der Waals surface area contributed by atoms with E-state index >= 15 is 0 Å². The summed E-state index contributed by atoms with van der Waals surface area (Å²) in [6.07, 6.45) is 8.43. The predicted molar refractivity (Wildman–Crippen MR) is 128 cm³/mol. The first-order valence-corrected chi connectivity index (χ1v) is 10.2.